The minimum absolute atomic E-state index is 0.0551. The Hall–Kier alpha value is -3.03. The van der Waals surface area contributed by atoms with Crippen LogP contribution < -0.4 is 5.32 Å². The van der Waals surface area contributed by atoms with E-state index in [1.54, 1.807) is 12.4 Å². The zero-order chi connectivity index (χ0) is 17.9. The Kier molecular flexibility index (Phi) is 4.47. The van der Waals surface area contributed by atoms with E-state index in [0.29, 0.717) is 15.8 Å². The normalized spacial score (nSPS) is 15.2. The summed E-state index contributed by atoms with van der Waals surface area (Å²) in [5.74, 6) is 0.617. The molecule has 7 heteroatoms. The van der Waals surface area contributed by atoms with Gasteiger partial charge in [-0.1, -0.05) is 41.7 Å². The van der Waals surface area contributed by atoms with Gasteiger partial charge < -0.3 is 15.5 Å². The summed E-state index contributed by atoms with van der Waals surface area (Å²) in [6.07, 6.45) is 5.26. The van der Waals surface area contributed by atoms with Gasteiger partial charge in [-0.2, -0.15) is 4.98 Å². The number of anilines is 1. The zero-order valence-electron chi connectivity index (χ0n) is 13.7. The molecule has 0 spiro atoms. The predicted octanol–water partition coefficient (Wildman–Crippen LogP) is 3.65. The molecule has 4 rings (SSSR count). The van der Waals surface area contributed by atoms with Crippen molar-refractivity contribution in [3.63, 3.8) is 0 Å². The van der Waals surface area contributed by atoms with Crippen LogP contribution in [-0.2, 0) is 0 Å². The fraction of sp³-hybridized carbons (Fsp3) is 0.105. The maximum absolute atomic E-state index is 10.2. The molecule has 2 aromatic heterocycles. The van der Waals surface area contributed by atoms with Crippen LogP contribution in [0.2, 0.25) is 0 Å². The summed E-state index contributed by atoms with van der Waals surface area (Å²) in [6, 6.07) is 13.1. The molecule has 0 aliphatic carbocycles. The van der Waals surface area contributed by atoms with Crippen LogP contribution in [0.4, 0.5) is 10.9 Å². The summed E-state index contributed by atoms with van der Waals surface area (Å²) >= 11 is 1.32. The van der Waals surface area contributed by atoms with Gasteiger partial charge in [-0.3, -0.25) is 0 Å². The van der Waals surface area contributed by atoms with Gasteiger partial charge in [0.25, 0.3) is 0 Å². The van der Waals surface area contributed by atoms with Crippen LogP contribution in [0, 0.1) is 0 Å². The highest BCUT2D eigenvalue weighted by Crippen LogP contribution is 2.36. The molecule has 3 N–H and O–H groups in total. The number of aliphatic hydroxyl groups is 1. The van der Waals surface area contributed by atoms with E-state index < -0.39 is 0 Å². The predicted molar refractivity (Wildman–Crippen MR) is 104 cm³/mol. The van der Waals surface area contributed by atoms with E-state index in [1.165, 1.54) is 11.3 Å². The second-order valence-corrected chi connectivity index (χ2v) is 6.76. The number of aliphatic imine (C=N–C) groups is 1. The van der Waals surface area contributed by atoms with Crippen LogP contribution in [0.15, 0.2) is 53.7 Å². The highest BCUT2D eigenvalue weighted by atomic mass is 32.1. The first-order valence-corrected chi connectivity index (χ1v) is 8.89. The summed E-state index contributed by atoms with van der Waals surface area (Å²) in [6.45, 7) is -0.0769. The molecule has 1 aliphatic heterocycles. The van der Waals surface area contributed by atoms with Crippen LogP contribution in [0.3, 0.4) is 0 Å². The van der Waals surface area contributed by atoms with Crippen LogP contribution in [0.1, 0.15) is 22.0 Å². The molecule has 130 valence electrons. The quantitative estimate of drug-likeness (QED) is 0.643. The van der Waals surface area contributed by atoms with Crippen molar-refractivity contribution < 1.29 is 10.2 Å². The Morgan fingerprint density at radius 3 is 2.81 bits per heavy atom. The molecule has 0 saturated heterocycles. The molecule has 0 bridgehead atoms. The summed E-state index contributed by atoms with van der Waals surface area (Å²) in [5.41, 5.74) is 2.75. The van der Waals surface area contributed by atoms with E-state index in [4.69, 9.17) is 0 Å². The highest BCUT2D eigenvalue weighted by molar-refractivity contribution is 7.16. The fourth-order valence-corrected chi connectivity index (χ4v) is 3.59. The number of fused-ring (bicyclic) bond motifs is 1. The van der Waals surface area contributed by atoms with Gasteiger partial charge in [-0.25, -0.2) is 9.98 Å². The average molecular weight is 364 g/mol. The standard InChI is InChI=1S/C19H16N4O2S/c24-11-15(12-5-2-1-3-6-12)22-19-23-18(25)16(26-19)9-13-10-21-17-14(13)7-4-8-20-17/h1-10,15,24-25H,11H2,(H,22,23). The van der Waals surface area contributed by atoms with Crippen LogP contribution in [-0.4, -0.2) is 33.0 Å². The number of aromatic hydroxyl groups is 1. The van der Waals surface area contributed by atoms with Gasteiger partial charge in [0.15, 0.2) is 10.9 Å². The Balaban J connectivity index is 1.59. The number of aliphatic hydroxyl groups excluding tert-OH is 1. The smallest absolute Gasteiger partial charge is 0.231 e. The Morgan fingerprint density at radius 2 is 2.00 bits per heavy atom. The van der Waals surface area contributed by atoms with Gasteiger partial charge in [0.05, 0.1) is 17.5 Å². The number of rotatable bonds is 5. The average Bonchev–Trinajstić information content (AvgIpc) is 3.24. The van der Waals surface area contributed by atoms with Crippen molar-refractivity contribution in [2.24, 2.45) is 4.99 Å². The fourth-order valence-electron chi connectivity index (χ4n) is 2.73. The largest absolute Gasteiger partial charge is 0.492 e. The molecule has 1 atom stereocenters. The third-order valence-corrected chi connectivity index (χ3v) is 4.95. The van der Waals surface area contributed by atoms with Gasteiger partial charge >= 0.3 is 0 Å². The molecule has 1 aromatic carbocycles. The second-order valence-electron chi connectivity index (χ2n) is 5.73. The molecule has 0 fully saturated rings. The lowest BCUT2D eigenvalue weighted by Crippen LogP contribution is -2.14. The number of hydrogen-bond acceptors (Lipinski definition) is 7. The SMILES string of the molecule is OCC(Nc1nc(O)c(C=C2C=Nc3ncccc32)s1)c1ccccc1. The van der Waals surface area contributed by atoms with E-state index in [2.05, 4.69) is 20.3 Å². The molecule has 3 heterocycles. The number of benzene rings is 1. The molecule has 0 amide bonds. The Bertz CT molecular complexity index is 982. The highest BCUT2D eigenvalue weighted by Gasteiger charge is 2.17. The maximum atomic E-state index is 10.2. The van der Waals surface area contributed by atoms with E-state index >= 15 is 0 Å². The lowest BCUT2D eigenvalue weighted by Gasteiger charge is -2.15. The molecular weight excluding hydrogens is 348 g/mol. The Labute approximate surface area is 154 Å². The first kappa shape index (κ1) is 16.4. The topological polar surface area (TPSA) is 90.6 Å². The van der Waals surface area contributed by atoms with Gasteiger partial charge in [0.1, 0.15) is 0 Å². The van der Waals surface area contributed by atoms with E-state index in [1.807, 2.05) is 48.5 Å². The van der Waals surface area contributed by atoms with Gasteiger partial charge in [0.2, 0.25) is 5.88 Å². The number of thiazole rings is 1. The number of nitrogens with one attached hydrogen (secondary N) is 1. The molecule has 0 radical (unpaired) electrons. The molecular formula is C19H16N4O2S. The summed E-state index contributed by atoms with van der Waals surface area (Å²) in [4.78, 5) is 13.3. The third kappa shape index (κ3) is 3.22. The van der Waals surface area contributed by atoms with Crippen molar-refractivity contribution in [2.75, 3.05) is 11.9 Å². The minimum atomic E-state index is -0.291. The molecule has 6 nitrogen and oxygen atoms in total. The summed E-state index contributed by atoms with van der Waals surface area (Å²) in [7, 11) is 0. The molecule has 26 heavy (non-hydrogen) atoms. The van der Waals surface area contributed by atoms with Crippen LogP contribution in [0.25, 0.3) is 11.6 Å². The zero-order valence-corrected chi connectivity index (χ0v) is 14.5. The molecule has 3 aromatic rings. The van der Waals surface area contributed by atoms with Gasteiger partial charge in [-0.05, 0) is 23.8 Å². The lowest BCUT2D eigenvalue weighted by atomic mass is 10.1. The van der Waals surface area contributed by atoms with E-state index in [9.17, 15) is 10.2 Å². The van der Waals surface area contributed by atoms with Crippen molar-refractivity contribution in [1.29, 1.82) is 0 Å². The molecule has 1 unspecified atom stereocenters. The number of hydrogen-bond donors (Lipinski definition) is 3. The molecule has 1 aliphatic rings. The summed E-state index contributed by atoms with van der Waals surface area (Å²) in [5, 5.41) is 23.6. The summed E-state index contributed by atoms with van der Waals surface area (Å²) < 4.78 is 0. The first-order chi connectivity index (χ1) is 12.7. The van der Waals surface area contributed by atoms with Crippen molar-refractivity contribution in [2.45, 2.75) is 6.04 Å². The number of aromatic nitrogens is 2. The van der Waals surface area contributed by atoms with E-state index in [-0.39, 0.29) is 18.5 Å². The maximum Gasteiger partial charge on any atom is 0.231 e. The number of allylic oxidation sites excluding steroid dienone is 1. The monoisotopic (exact) mass is 364 g/mol. The molecule has 0 saturated carbocycles. The van der Waals surface area contributed by atoms with Crippen molar-refractivity contribution >= 4 is 40.1 Å². The number of pyridine rings is 1. The van der Waals surface area contributed by atoms with Crippen LogP contribution in [0.5, 0.6) is 5.88 Å². The van der Waals surface area contributed by atoms with Crippen LogP contribution >= 0.6 is 11.3 Å². The minimum Gasteiger partial charge on any atom is -0.492 e. The van der Waals surface area contributed by atoms with Crippen molar-refractivity contribution in [3.8, 4) is 5.88 Å². The van der Waals surface area contributed by atoms with Gasteiger partial charge in [0, 0.05) is 23.5 Å². The number of nitrogens with zero attached hydrogens (tertiary/aromatic N) is 3. The van der Waals surface area contributed by atoms with Gasteiger partial charge in [-0.15, -0.1) is 0 Å². The van der Waals surface area contributed by atoms with E-state index in [0.717, 1.165) is 16.7 Å². The lowest BCUT2D eigenvalue weighted by molar-refractivity contribution is 0.276. The van der Waals surface area contributed by atoms with Crippen molar-refractivity contribution in [1.82, 2.24) is 9.97 Å². The second kappa shape index (κ2) is 7.07. The first-order valence-electron chi connectivity index (χ1n) is 8.08. The Morgan fingerprint density at radius 1 is 1.15 bits per heavy atom. The third-order valence-electron chi connectivity index (χ3n) is 4.03. The van der Waals surface area contributed by atoms with Crippen molar-refractivity contribution in [3.05, 3.63) is 64.7 Å².